The number of hydrogen-bond donors (Lipinski definition) is 3. The lowest BCUT2D eigenvalue weighted by molar-refractivity contribution is -0.134. The van der Waals surface area contributed by atoms with Gasteiger partial charge in [0, 0.05) is 19.5 Å². The van der Waals surface area contributed by atoms with Crippen LogP contribution in [0, 0.1) is 0 Å². The minimum atomic E-state index is -1.01. The van der Waals surface area contributed by atoms with Crippen LogP contribution in [0.25, 0.3) is 0 Å². The predicted octanol–water partition coefficient (Wildman–Crippen LogP) is 0.645. The van der Waals surface area contributed by atoms with Crippen molar-refractivity contribution >= 4 is 23.5 Å². The largest absolute Gasteiger partial charge is 0.497 e. The van der Waals surface area contributed by atoms with Crippen molar-refractivity contribution in [3.63, 3.8) is 0 Å². The number of benzene rings is 2. The Balaban J connectivity index is 1.46. The van der Waals surface area contributed by atoms with Gasteiger partial charge in [0.15, 0.2) is 5.78 Å². The van der Waals surface area contributed by atoms with Gasteiger partial charge in [-0.25, -0.2) is 0 Å². The molecule has 2 aliphatic heterocycles. The third kappa shape index (κ3) is 8.85. The molecule has 0 saturated carbocycles. The molecule has 2 aliphatic rings. The van der Waals surface area contributed by atoms with E-state index in [-0.39, 0.29) is 31.1 Å². The fourth-order valence-corrected chi connectivity index (χ4v) is 4.77. The van der Waals surface area contributed by atoms with Crippen LogP contribution < -0.4 is 20.7 Å². The quantitative estimate of drug-likeness (QED) is 0.277. The van der Waals surface area contributed by atoms with Gasteiger partial charge in [0.1, 0.15) is 23.4 Å². The van der Waals surface area contributed by atoms with Gasteiger partial charge in [0.25, 0.3) is 0 Å². The molecule has 226 valence electrons. The van der Waals surface area contributed by atoms with Crippen molar-refractivity contribution in [2.45, 2.75) is 50.4 Å². The first-order valence-electron chi connectivity index (χ1n) is 14.2. The highest BCUT2D eigenvalue weighted by atomic mass is 16.6. The van der Waals surface area contributed by atoms with Crippen LogP contribution in [-0.4, -0.2) is 98.7 Å². The minimum absolute atomic E-state index is 0.154. The second-order valence-corrected chi connectivity index (χ2v) is 10.9. The van der Waals surface area contributed by atoms with E-state index in [2.05, 4.69) is 16.0 Å². The van der Waals surface area contributed by atoms with Crippen molar-refractivity contribution in [2.75, 3.05) is 46.6 Å². The van der Waals surface area contributed by atoms with Crippen molar-refractivity contribution in [1.29, 1.82) is 0 Å². The van der Waals surface area contributed by atoms with E-state index in [4.69, 9.17) is 14.2 Å². The van der Waals surface area contributed by atoms with Gasteiger partial charge >= 0.3 is 0 Å². The molecule has 2 saturated heterocycles. The number of amides is 3. The zero-order valence-electron chi connectivity index (χ0n) is 24.4. The molecular formula is C31H40N4O7. The van der Waals surface area contributed by atoms with Crippen molar-refractivity contribution in [1.82, 2.24) is 20.9 Å². The number of Topliss-reactive ketones (excluding diaryl/α,β-unsaturated/α-hetero) is 1. The predicted molar refractivity (Wildman–Crippen MR) is 155 cm³/mol. The third-order valence-corrected chi connectivity index (χ3v) is 7.49. The monoisotopic (exact) mass is 580 g/mol. The minimum Gasteiger partial charge on any atom is -0.497 e. The topological polar surface area (TPSA) is 139 Å². The van der Waals surface area contributed by atoms with Crippen molar-refractivity contribution in [3.8, 4) is 5.75 Å². The Hall–Kier alpha value is -3.80. The molecule has 42 heavy (non-hydrogen) atoms. The van der Waals surface area contributed by atoms with E-state index in [1.165, 1.54) is 0 Å². The lowest BCUT2D eigenvalue weighted by Crippen LogP contribution is -2.57. The molecule has 0 aliphatic carbocycles. The highest BCUT2D eigenvalue weighted by molar-refractivity contribution is 5.98. The molecule has 11 nitrogen and oxygen atoms in total. The maximum Gasteiger partial charge on any atom is 0.243 e. The maximum atomic E-state index is 13.7. The second-order valence-electron chi connectivity index (χ2n) is 10.9. The number of carbonyl (C=O) groups excluding carboxylic acids is 4. The van der Waals surface area contributed by atoms with Crippen LogP contribution in [0.4, 0.5) is 0 Å². The molecule has 2 aromatic carbocycles. The third-order valence-electron chi connectivity index (χ3n) is 7.49. The molecule has 2 fully saturated rings. The Labute approximate surface area is 246 Å². The maximum absolute atomic E-state index is 13.7. The van der Waals surface area contributed by atoms with Gasteiger partial charge in [-0.05, 0) is 43.5 Å². The van der Waals surface area contributed by atoms with Crippen molar-refractivity contribution < 1.29 is 33.4 Å². The fraction of sp³-hybridized carbons (Fsp3) is 0.484. The Bertz CT molecular complexity index is 1230. The van der Waals surface area contributed by atoms with Gasteiger partial charge in [-0.1, -0.05) is 42.5 Å². The summed E-state index contributed by atoms with van der Waals surface area (Å²) in [5.74, 6) is -0.876. The van der Waals surface area contributed by atoms with Gasteiger partial charge in [-0.3, -0.25) is 24.1 Å². The Morgan fingerprint density at radius 1 is 0.881 bits per heavy atom. The zero-order valence-corrected chi connectivity index (χ0v) is 24.4. The van der Waals surface area contributed by atoms with E-state index in [1.807, 2.05) is 47.4 Å². The molecule has 4 rings (SSSR count). The molecule has 3 N–H and O–H groups in total. The number of carbonyl (C=O) groups is 4. The number of epoxide rings is 1. The summed E-state index contributed by atoms with van der Waals surface area (Å²) in [4.78, 5) is 54.8. The van der Waals surface area contributed by atoms with Crippen LogP contribution in [0.3, 0.4) is 0 Å². The Kier molecular flexibility index (Phi) is 10.7. The normalized spacial score (nSPS) is 20.5. The summed E-state index contributed by atoms with van der Waals surface area (Å²) in [7, 11) is 1.56. The molecule has 2 heterocycles. The van der Waals surface area contributed by atoms with Gasteiger partial charge in [0.05, 0.1) is 39.5 Å². The molecule has 0 aromatic heterocycles. The van der Waals surface area contributed by atoms with Crippen LogP contribution in [-0.2, 0) is 41.5 Å². The number of nitrogens with one attached hydrogen (secondary N) is 3. The van der Waals surface area contributed by atoms with Gasteiger partial charge in [-0.2, -0.15) is 0 Å². The summed E-state index contributed by atoms with van der Waals surface area (Å²) in [6, 6.07) is 13.8. The highest BCUT2D eigenvalue weighted by Crippen LogP contribution is 2.29. The summed E-state index contributed by atoms with van der Waals surface area (Å²) in [5, 5.41) is 8.39. The van der Waals surface area contributed by atoms with Gasteiger partial charge in [0.2, 0.25) is 17.7 Å². The molecule has 1 unspecified atom stereocenters. The summed E-state index contributed by atoms with van der Waals surface area (Å²) in [6.07, 6.45) is 0.442. The van der Waals surface area contributed by atoms with Crippen LogP contribution in [0.1, 0.15) is 25.0 Å². The number of nitrogens with zero attached hydrogens (tertiary/aromatic N) is 1. The van der Waals surface area contributed by atoms with Crippen molar-refractivity contribution in [3.05, 3.63) is 65.7 Å². The lowest BCUT2D eigenvalue weighted by Gasteiger charge is -2.27. The second kappa shape index (κ2) is 14.4. The zero-order chi connectivity index (χ0) is 30.1. The van der Waals surface area contributed by atoms with Crippen molar-refractivity contribution in [2.24, 2.45) is 0 Å². The summed E-state index contributed by atoms with van der Waals surface area (Å²) < 4.78 is 15.9. The number of ketones is 1. The van der Waals surface area contributed by atoms with E-state index in [9.17, 15) is 19.2 Å². The molecule has 4 atom stereocenters. The highest BCUT2D eigenvalue weighted by Gasteiger charge is 2.50. The summed E-state index contributed by atoms with van der Waals surface area (Å²) >= 11 is 0. The Morgan fingerprint density at radius 2 is 1.48 bits per heavy atom. The van der Waals surface area contributed by atoms with Gasteiger partial charge in [-0.15, -0.1) is 0 Å². The smallest absolute Gasteiger partial charge is 0.243 e. The van der Waals surface area contributed by atoms with Gasteiger partial charge < -0.3 is 30.2 Å². The first-order valence-corrected chi connectivity index (χ1v) is 14.2. The summed E-state index contributed by atoms with van der Waals surface area (Å²) in [5.41, 5.74) is 0.720. The number of morpholine rings is 1. The fourth-order valence-electron chi connectivity index (χ4n) is 4.77. The molecule has 0 bridgehead atoms. The molecule has 0 spiro atoms. The Morgan fingerprint density at radius 3 is 2.10 bits per heavy atom. The first kappa shape index (κ1) is 31.1. The van der Waals surface area contributed by atoms with Crippen LogP contribution in [0.2, 0.25) is 0 Å². The first-order chi connectivity index (χ1) is 20.2. The number of methoxy groups -OCH3 is 1. The standard InChI is InChI=1S/C31H40N4O7/c1-21(32-27(36)19-35-13-15-41-16-14-35)29(38)34-26(18-23-9-11-24(40-3)12-10-23)30(39)33-25(28(37)31(2)20-42-31)17-22-7-5-4-6-8-22/h4-12,21,25-26H,13-20H2,1-3H3,(H,32,36)(H,33,39)(H,34,38)/t21-,25?,26-,31+/m0/s1. The van der Waals surface area contributed by atoms with E-state index >= 15 is 0 Å². The van der Waals surface area contributed by atoms with E-state index < -0.39 is 35.5 Å². The summed E-state index contributed by atoms with van der Waals surface area (Å²) in [6.45, 7) is 6.13. The van der Waals surface area contributed by atoms with E-state index in [0.717, 1.165) is 11.1 Å². The lowest BCUT2D eigenvalue weighted by atomic mass is 9.94. The molecule has 11 heteroatoms. The molecular weight excluding hydrogens is 540 g/mol. The van der Waals surface area contributed by atoms with E-state index in [0.29, 0.717) is 38.7 Å². The van der Waals surface area contributed by atoms with E-state index in [1.54, 1.807) is 33.1 Å². The van der Waals surface area contributed by atoms with Crippen LogP contribution in [0.15, 0.2) is 54.6 Å². The van der Waals surface area contributed by atoms with Crippen LogP contribution in [0.5, 0.6) is 5.75 Å². The van der Waals surface area contributed by atoms with Crippen LogP contribution >= 0.6 is 0 Å². The molecule has 0 radical (unpaired) electrons. The average molecular weight is 581 g/mol. The molecule has 3 amide bonds. The average Bonchev–Trinajstić information content (AvgIpc) is 3.75. The molecule has 2 aromatic rings. The number of hydrogen-bond acceptors (Lipinski definition) is 8. The SMILES string of the molecule is COc1ccc(C[C@H](NC(=O)[C@H](C)NC(=O)CN2CCOCC2)C(=O)NC(Cc2ccccc2)C(=O)[C@@]2(C)CO2)cc1. The number of ether oxygens (including phenoxy) is 3. The number of rotatable bonds is 14.